The molecular formula is C49H71N3O11. The summed E-state index contributed by atoms with van der Waals surface area (Å²) in [7, 11) is 0. The zero-order valence-electron chi connectivity index (χ0n) is 38.1. The third-order valence-electron chi connectivity index (χ3n) is 14.4. The van der Waals surface area contributed by atoms with E-state index in [4.69, 9.17) is 28.5 Å². The van der Waals surface area contributed by atoms with E-state index in [1.807, 2.05) is 12.1 Å². The Morgan fingerprint density at radius 1 is 1.00 bits per heavy atom. The molecule has 7 fully saturated rings. The molecule has 0 radical (unpaired) electrons. The number of rotatable bonds is 19. The van der Waals surface area contributed by atoms with E-state index in [0.717, 1.165) is 68.9 Å². The first kappa shape index (κ1) is 46.1. The van der Waals surface area contributed by atoms with Gasteiger partial charge in [-0.15, -0.1) is 0 Å². The number of fused-ring (bicyclic) bond motifs is 5. The van der Waals surface area contributed by atoms with Gasteiger partial charge in [-0.3, -0.25) is 24.0 Å². The number of amides is 2. The van der Waals surface area contributed by atoms with Crippen LogP contribution >= 0.6 is 0 Å². The number of hydrogen-bond donors (Lipinski definition) is 2. The number of allylic oxidation sites excluding steroid dienone is 1. The SMILES string of the molecule is CCCCCC1(CCCCC)O[C@@H]2[C@H](O1)[C@H]1ON(Cc3cccc(C=CC4CCC5OC5C4)c3)[C@H]3C(=O)O[C@@H]2C[C@@]13C(=O)N1CCC[C@@H]1C(=O)N[C@H](CO)CCC(=O)OC(C)(C)C. The van der Waals surface area contributed by atoms with Gasteiger partial charge in [-0.1, -0.05) is 75.9 Å². The molecule has 2 bridgehead atoms. The average Bonchev–Trinajstić information content (AvgIpc) is 3.51. The molecule has 3 unspecified atom stereocenters. The summed E-state index contributed by atoms with van der Waals surface area (Å²) >= 11 is 0. The van der Waals surface area contributed by atoms with Crippen LogP contribution in [-0.2, 0) is 54.2 Å². The molecule has 14 nitrogen and oxygen atoms in total. The second-order valence-corrected chi connectivity index (χ2v) is 20.3. The van der Waals surface area contributed by atoms with E-state index < -0.39 is 77.2 Å². The third kappa shape index (κ3) is 9.92. The van der Waals surface area contributed by atoms with Crippen LogP contribution < -0.4 is 5.32 Å². The Bertz CT molecular complexity index is 1840. The van der Waals surface area contributed by atoms with E-state index in [1.54, 1.807) is 30.7 Å². The standard InChI is InChI=1S/C49H71N3O11/c1-6-8-10-23-48(24-11-9-7-2)61-40-38-28-49(46(57)51-25-13-16-35(51)44(55)50-34(30-53)20-22-39(54)60-47(3,4)5)42(45(56)59-38)52(63-43(49)41(40)62-48)29-33-15-12-14-31(26-33)17-18-32-19-21-36-37(27-32)58-36/h12,14-15,17-18,26,32,34-38,40-43,53H,6-11,13,16,19-25,27-30H2,1-5H3,(H,50,55)/t32?,34-,35+,36?,37?,38+,40-,41-,42-,43+,49-/m0/s1. The van der Waals surface area contributed by atoms with Crippen molar-refractivity contribution in [2.24, 2.45) is 11.3 Å². The van der Waals surface area contributed by atoms with E-state index >= 15 is 4.79 Å². The monoisotopic (exact) mass is 878 g/mol. The van der Waals surface area contributed by atoms with E-state index in [9.17, 15) is 19.5 Å². The molecule has 63 heavy (non-hydrogen) atoms. The van der Waals surface area contributed by atoms with Crippen LogP contribution in [0.25, 0.3) is 6.08 Å². The number of aliphatic hydroxyl groups excluding tert-OH is 1. The summed E-state index contributed by atoms with van der Waals surface area (Å²) in [5.41, 5.74) is -0.134. The van der Waals surface area contributed by atoms with Crippen molar-refractivity contribution >= 4 is 29.8 Å². The zero-order chi connectivity index (χ0) is 44.5. The Hall–Kier alpha value is -3.40. The molecule has 2 aliphatic carbocycles. The van der Waals surface area contributed by atoms with Gasteiger partial charge >= 0.3 is 11.9 Å². The van der Waals surface area contributed by atoms with Gasteiger partial charge in [0.15, 0.2) is 11.8 Å². The Morgan fingerprint density at radius 3 is 2.48 bits per heavy atom. The summed E-state index contributed by atoms with van der Waals surface area (Å²) in [5, 5.41) is 14.8. The van der Waals surface area contributed by atoms with Crippen LogP contribution in [0.15, 0.2) is 30.3 Å². The molecule has 348 valence electrons. The summed E-state index contributed by atoms with van der Waals surface area (Å²) in [6, 6.07) is 5.50. The van der Waals surface area contributed by atoms with Crippen LogP contribution in [0.2, 0.25) is 0 Å². The fourth-order valence-electron chi connectivity index (χ4n) is 11.2. The van der Waals surface area contributed by atoms with Crippen molar-refractivity contribution in [3.8, 4) is 0 Å². The largest absolute Gasteiger partial charge is 0.460 e. The minimum atomic E-state index is -1.43. The van der Waals surface area contributed by atoms with Crippen LogP contribution in [0, 0.1) is 11.3 Å². The van der Waals surface area contributed by atoms with E-state index in [2.05, 4.69) is 43.4 Å². The van der Waals surface area contributed by atoms with Gasteiger partial charge in [0.05, 0.1) is 31.4 Å². The Kier molecular flexibility index (Phi) is 14.1. The van der Waals surface area contributed by atoms with Crippen molar-refractivity contribution in [1.29, 1.82) is 0 Å². The van der Waals surface area contributed by atoms with Gasteiger partial charge in [-0.25, -0.2) is 0 Å². The van der Waals surface area contributed by atoms with E-state index in [1.165, 1.54) is 0 Å². The molecule has 1 aromatic rings. The Morgan fingerprint density at radius 2 is 1.76 bits per heavy atom. The number of likely N-dealkylation sites (tertiary alicyclic amines) is 1. The maximum absolute atomic E-state index is 15.6. The maximum atomic E-state index is 15.6. The van der Waals surface area contributed by atoms with Crippen LogP contribution in [0.5, 0.6) is 0 Å². The number of carbonyl (C=O) groups is 4. The predicted molar refractivity (Wildman–Crippen MR) is 232 cm³/mol. The molecule has 2 amide bonds. The summed E-state index contributed by atoms with van der Waals surface area (Å²) in [6.45, 7) is 9.84. The van der Waals surface area contributed by atoms with Crippen LogP contribution in [0.4, 0.5) is 0 Å². The molecule has 0 aromatic heterocycles. The lowest BCUT2D eigenvalue weighted by atomic mass is 9.62. The van der Waals surface area contributed by atoms with Gasteiger partial charge < -0.3 is 39.0 Å². The highest BCUT2D eigenvalue weighted by Gasteiger charge is 2.77. The molecule has 11 atom stereocenters. The first-order valence-electron chi connectivity index (χ1n) is 24.1. The van der Waals surface area contributed by atoms with Crippen molar-refractivity contribution < 1.29 is 52.8 Å². The number of epoxide rings is 1. The first-order valence-corrected chi connectivity index (χ1v) is 24.1. The number of nitrogens with one attached hydrogen (secondary N) is 1. The average molecular weight is 878 g/mol. The molecule has 8 rings (SSSR count). The maximum Gasteiger partial charge on any atom is 0.327 e. The predicted octanol–water partition coefficient (Wildman–Crippen LogP) is 6.30. The van der Waals surface area contributed by atoms with Gasteiger partial charge in [0.25, 0.3) is 0 Å². The number of benzene rings is 1. The number of carbonyl (C=O) groups excluding carboxylic acids is 4. The molecule has 2 N–H and O–H groups in total. The second kappa shape index (κ2) is 19.2. The summed E-state index contributed by atoms with van der Waals surface area (Å²) < 4.78 is 31.6. The number of aliphatic hydroxyl groups is 1. The lowest BCUT2D eigenvalue weighted by Gasteiger charge is -2.50. The van der Waals surface area contributed by atoms with Gasteiger partial charge in [-0.05, 0) is 89.2 Å². The van der Waals surface area contributed by atoms with Crippen LogP contribution in [-0.4, -0.2) is 118 Å². The lowest BCUT2D eigenvalue weighted by Crippen LogP contribution is -2.70. The summed E-state index contributed by atoms with van der Waals surface area (Å²) in [4.78, 5) is 65.4. The van der Waals surface area contributed by atoms with E-state index in [-0.39, 0.29) is 38.3 Å². The fourth-order valence-corrected chi connectivity index (χ4v) is 11.2. The topological polar surface area (TPSA) is 166 Å². The molecule has 5 aliphatic heterocycles. The molecule has 5 heterocycles. The number of nitrogens with zero attached hydrogens (tertiary/aromatic N) is 2. The van der Waals surface area contributed by atoms with Crippen molar-refractivity contribution in [3.05, 3.63) is 41.5 Å². The molecule has 5 saturated heterocycles. The number of unbranched alkanes of at least 4 members (excludes halogenated alkanes) is 4. The van der Waals surface area contributed by atoms with Gasteiger partial charge in [0.1, 0.15) is 41.5 Å². The van der Waals surface area contributed by atoms with Gasteiger partial charge in [0, 0.05) is 32.2 Å². The minimum absolute atomic E-state index is 0.0121. The van der Waals surface area contributed by atoms with Gasteiger partial charge in [0.2, 0.25) is 11.8 Å². The number of ether oxygens (including phenoxy) is 5. The quantitative estimate of drug-likeness (QED) is 0.0907. The van der Waals surface area contributed by atoms with Crippen molar-refractivity contribution in [2.75, 3.05) is 13.2 Å². The Balaban J connectivity index is 1.07. The Labute approximate surface area is 373 Å². The zero-order valence-corrected chi connectivity index (χ0v) is 38.1. The molecule has 7 aliphatic rings. The summed E-state index contributed by atoms with van der Waals surface area (Å²) in [5.74, 6) is -2.15. The third-order valence-corrected chi connectivity index (χ3v) is 14.4. The van der Waals surface area contributed by atoms with E-state index in [0.29, 0.717) is 50.4 Å². The smallest absolute Gasteiger partial charge is 0.327 e. The summed E-state index contributed by atoms with van der Waals surface area (Å²) in [6.07, 6.45) is 14.3. The first-order chi connectivity index (χ1) is 30.3. The highest BCUT2D eigenvalue weighted by molar-refractivity contribution is 5.96. The normalized spacial score (nSPS) is 33.5. The fraction of sp³-hybridized carbons (Fsp3) is 0.755. The number of hydroxylamine groups is 2. The highest BCUT2D eigenvalue weighted by Crippen LogP contribution is 2.59. The molecule has 0 spiro atoms. The second-order valence-electron chi connectivity index (χ2n) is 20.3. The van der Waals surface area contributed by atoms with Gasteiger partial charge in [-0.2, -0.15) is 5.06 Å². The minimum Gasteiger partial charge on any atom is -0.460 e. The molecule has 14 heteroatoms. The van der Waals surface area contributed by atoms with Crippen LogP contribution in [0.3, 0.4) is 0 Å². The van der Waals surface area contributed by atoms with Crippen molar-refractivity contribution in [2.45, 2.75) is 210 Å². The molecule has 1 aromatic carbocycles. The molecule has 2 saturated carbocycles. The molecular weight excluding hydrogens is 807 g/mol. The number of hydrogen-bond acceptors (Lipinski definition) is 12. The van der Waals surface area contributed by atoms with Crippen LogP contribution in [0.1, 0.15) is 148 Å². The highest BCUT2D eigenvalue weighted by atomic mass is 16.8. The lowest BCUT2D eigenvalue weighted by molar-refractivity contribution is -0.225. The van der Waals surface area contributed by atoms with Crippen molar-refractivity contribution in [1.82, 2.24) is 15.3 Å². The number of esters is 2. The van der Waals surface area contributed by atoms with Crippen molar-refractivity contribution in [3.63, 3.8) is 0 Å².